The van der Waals surface area contributed by atoms with Gasteiger partial charge in [0.05, 0.1) is 12.2 Å². The summed E-state index contributed by atoms with van der Waals surface area (Å²) in [5.74, 6) is -0.859. The minimum Gasteiger partial charge on any atom is -0.462 e. The van der Waals surface area contributed by atoms with Crippen molar-refractivity contribution < 1.29 is 13.9 Å². The lowest BCUT2D eigenvalue weighted by Crippen LogP contribution is -2.07. The number of carbonyl (C=O) groups excluding carboxylic acids is 1. The molecular formula is C10H13ClFNO2. The van der Waals surface area contributed by atoms with Gasteiger partial charge in [-0.25, -0.2) is 9.18 Å². The second-order valence-electron chi connectivity index (χ2n) is 2.73. The van der Waals surface area contributed by atoms with Gasteiger partial charge >= 0.3 is 5.97 Å². The fraction of sp³-hybridized carbons (Fsp3) is 0.300. The zero-order valence-electron chi connectivity index (χ0n) is 8.33. The molecule has 1 aromatic rings. The maximum atomic E-state index is 13.0. The number of benzene rings is 1. The van der Waals surface area contributed by atoms with Crippen molar-refractivity contribution in [3.05, 3.63) is 35.1 Å². The first kappa shape index (κ1) is 13.9. The first-order valence-electron chi connectivity index (χ1n) is 4.34. The molecule has 0 fully saturated rings. The average Bonchev–Trinajstić information content (AvgIpc) is 2.19. The molecule has 0 aliphatic carbocycles. The van der Waals surface area contributed by atoms with Crippen molar-refractivity contribution in [1.82, 2.24) is 0 Å². The average molecular weight is 234 g/mol. The van der Waals surface area contributed by atoms with E-state index >= 15 is 0 Å². The minimum atomic E-state index is -0.456. The molecular weight excluding hydrogens is 221 g/mol. The zero-order chi connectivity index (χ0) is 10.6. The first-order valence-corrected chi connectivity index (χ1v) is 4.34. The van der Waals surface area contributed by atoms with Crippen molar-refractivity contribution in [1.29, 1.82) is 0 Å². The molecule has 15 heavy (non-hydrogen) atoms. The largest absolute Gasteiger partial charge is 0.462 e. The molecule has 0 aliphatic rings. The van der Waals surface area contributed by atoms with Crippen molar-refractivity contribution in [3.8, 4) is 0 Å². The molecule has 0 saturated heterocycles. The predicted molar refractivity (Wildman–Crippen MR) is 57.5 cm³/mol. The molecule has 0 aromatic heterocycles. The lowest BCUT2D eigenvalue weighted by Gasteiger charge is -2.04. The normalized spacial score (nSPS) is 9.27. The highest BCUT2D eigenvalue weighted by molar-refractivity contribution is 5.89. The minimum absolute atomic E-state index is 0. The molecule has 3 nitrogen and oxygen atoms in total. The van der Waals surface area contributed by atoms with Crippen molar-refractivity contribution >= 4 is 18.4 Å². The van der Waals surface area contributed by atoms with Crippen molar-refractivity contribution in [2.75, 3.05) is 6.61 Å². The van der Waals surface area contributed by atoms with E-state index in [9.17, 15) is 9.18 Å². The zero-order valence-corrected chi connectivity index (χ0v) is 9.14. The summed E-state index contributed by atoms with van der Waals surface area (Å²) in [7, 11) is 0. The summed E-state index contributed by atoms with van der Waals surface area (Å²) in [6.45, 7) is 2.08. The van der Waals surface area contributed by atoms with Crippen LogP contribution >= 0.6 is 12.4 Å². The van der Waals surface area contributed by atoms with Crippen LogP contribution in [0.3, 0.4) is 0 Å². The van der Waals surface area contributed by atoms with E-state index in [1.165, 1.54) is 18.2 Å². The van der Waals surface area contributed by atoms with Gasteiger partial charge in [0, 0.05) is 12.1 Å². The number of hydrogen-bond acceptors (Lipinski definition) is 3. The third-order valence-electron chi connectivity index (χ3n) is 1.78. The monoisotopic (exact) mass is 233 g/mol. The molecule has 1 aromatic carbocycles. The Labute approximate surface area is 93.8 Å². The van der Waals surface area contributed by atoms with Gasteiger partial charge < -0.3 is 10.5 Å². The highest BCUT2D eigenvalue weighted by Gasteiger charge is 2.09. The maximum Gasteiger partial charge on any atom is 0.338 e. The van der Waals surface area contributed by atoms with Crippen LogP contribution < -0.4 is 5.73 Å². The third kappa shape index (κ3) is 3.49. The Hall–Kier alpha value is -1.13. The van der Waals surface area contributed by atoms with Crippen LogP contribution in [0, 0.1) is 5.82 Å². The number of nitrogens with two attached hydrogens (primary N) is 1. The Morgan fingerprint density at radius 2 is 2.20 bits per heavy atom. The first-order chi connectivity index (χ1) is 6.69. The summed E-state index contributed by atoms with van der Waals surface area (Å²) in [5.41, 5.74) is 5.94. The quantitative estimate of drug-likeness (QED) is 0.811. The van der Waals surface area contributed by atoms with Gasteiger partial charge in [-0.2, -0.15) is 0 Å². The van der Waals surface area contributed by atoms with E-state index in [-0.39, 0.29) is 19.0 Å². The molecule has 2 N–H and O–H groups in total. The summed E-state index contributed by atoms with van der Waals surface area (Å²) in [5, 5.41) is 0. The smallest absolute Gasteiger partial charge is 0.338 e. The van der Waals surface area contributed by atoms with E-state index in [4.69, 9.17) is 10.5 Å². The van der Waals surface area contributed by atoms with E-state index in [0.29, 0.717) is 17.7 Å². The van der Waals surface area contributed by atoms with Gasteiger partial charge in [0.2, 0.25) is 0 Å². The van der Waals surface area contributed by atoms with Crippen LogP contribution in [0.5, 0.6) is 0 Å². The molecule has 1 rings (SSSR count). The molecule has 0 saturated carbocycles. The SMILES string of the molecule is CCOC(=O)c1ccc(F)c(CN)c1.Cl. The molecule has 84 valence electrons. The van der Waals surface area contributed by atoms with E-state index < -0.39 is 11.8 Å². The van der Waals surface area contributed by atoms with Crippen LogP contribution in [-0.2, 0) is 11.3 Å². The summed E-state index contributed by atoms with van der Waals surface area (Å²) in [6.07, 6.45) is 0. The Balaban J connectivity index is 0.00000196. The van der Waals surface area contributed by atoms with Gasteiger partial charge in [-0.3, -0.25) is 0 Å². The maximum absolute atomic E-state index is 13.0. The molecule has 0 amide bonds. The van der Waals surface area contributed by atoms with Crippen LogP contribution in [0.1, 0.15) is 22.8 Å². The summed E-state index contributed by atoms with van der Waals surface area (Å²) >= 11 is 0. The van der Waals surface area contributed by atoms with Crippen LogP contribution in [0.15, 0.2) is 18.2 Å². The van der Waals surface area contributed by atoms with Crippen molar-refractivity contribution in [2.24, 2.45) is 5.73 Å². The second-order valence-corrected chi connectivity index (χ2v) is 2.73. The second kappa shape index (κ2) is 6.37. The summed E-state index contributed by atoms with van der Waals surface area (Å²) in [6, 6.07) is 4.01. The lowest BCUT2D eigenvalue weighted by molar-refractivity contribution is 0.0526. The Bertz CT molecular complexity index is 344. The van der Waals surface area contributed by atoms with Crippen LogP contribution in [0.25, 0.3) is 0 Å². The van der Waals surface area contributed by atoms with Gasteiger partial charge in [-0.05, 0) is 25.1 Å². The van der Waals surface area contributed by atoms with E-state index in [2.05, 4.69) is 0 Å². The molecule has 0 bridgehead atoms. The number of ether oxygens (including phenoxy) is 1. The fourth-order valence-electron chi connectivity index (χ4n) is 1.07. The van der Waals surface area contributed by atoms with Gasteiger partial charge in [0.1, 0.15) is 5.82 Å². The van der Waals surface area contributed by atoms with Crippen molar-refractivity contribution in [3.63, 3.8) is 0 Å². The summed E-state index contributed by atoms with van der Waals surface area (Å²) in [4.78, 5) is 11.2. The summed E-state index contributed by atoms with van der Waals surface area (Å²) < 4.78 is 17.8. The van der Waals surface area contributed by atoms with Crippen LogP contribution in [0.2, 0.25) is 0 Å². The lowest BCUT2D eigenvalue weighted by atomic mass is 10.1. The fourth-order valence-corrected chi connectivity index (χ4v) is 1.07. The standard InChI is InChI=1S/C10H12FNO2.ClH/c1-2-14-10(13)7-3-4-9(11)8(5-7)6-12;/h3-5H,2,6,12H2,1H3;1H. The van der Waals surface area contributed by atoms with Gasteiger partial charge in [-0.1, -0.05) is 0 Å². The van der Waals surface area contributed by atoms with Gasteiger partial charge in [0.25, 0.3) is 0 Å². The molecule has 0 unspecified atom stereocenters. The predicted octanol–water partition coefficient (Wildman–Crippen LogP) is 1.88. The van der Waals surface area contributed by atoms with E-state index in [1.54, 1.807) is 6.92 Å². The molecule has 0 radical (unpaired) electrons. The van der Waals surface area contributed by atoms with Gasteiger partial charge in [0.15, 0.2) is 0 Å². The Morgan fingerprint density at radius 3 is 2.73 bits per heavy atom. The third-order valence-corrected chi connectivity index (χ3v) is 1.78. The highest BCUT2D eigenvalue weighted by atomic mass is 35.5. The highest BCUT2D eigenvalue weighted by Crippen LogP contribution is 2.10. The Morgan fingerprint density at radius 1 is 1.53 bits per heavy atom. The van der Waals surface area contributed by atoms with Crippen molar-refractivity contribution in [2.45, 2.75) is 13.5 Å². The molecule has 5 heteroatoms. The number of rotatable bonds is 3. The number of esters is 1. The van der Waals surface area contributed by atoms with E-state index in [0.717, 1.165) is 0 Å². The topological polar surface area (TPSA) is 52.3 Å². The molecule has 0 heterocycles. The number of carbonyl (C=O) groups is 1. The Kier molecular flexibility index (Phi) is 5.89. The van der Waals surface area contributed by atoms with Crippen LogP contribution in [0.4, 0.5) is 4.39 Å². The van der Waals surface area contributed by atoms with Crippen LogP contribution in [-0.4, -0.2) is 12.6 Å². The molecule has 0 aliphatic heterocycles. The molecule has 0 atom stereocenters. The van der Waals surface area contributed by atoms with E-state index in [1.807, 2.05) is 0 Å². The van der Waals surface area contributed by atoms with Gasteiger partial charge in [-0.15, -0.1) is 12.4 Å². The molecule has 0 spiro atoms. The number of halogens is 2. The number of hydrogen-bond donors (Lipinski definition) is 1.